The zero-order chi connectivity index (χ0) is 17.3. The van der Waals surface area contributed by atoms with Gasteiger partial charge in [0, 0.05) is 18.1 Å². The minimum atomic E-state index is -0.0538. The molecule has 126 valence electrons. The number of hydrogen-bond donors (Lipinski definition) is 3. The van der Waals surface area contributed by atoms with Gasteiger partial charge in [0.15, 0.2) is 11.5 Å². The summed E-state index contributed by atoms with van der Waals surface area (Å²) in [6.07, 6.45) is 0.420. The second kappa shape index (κ2) is 6.31. The van der Waals surface area contributed by atoms with Crippen LogP contribution in [0.5, 0.6) is 23.0 Å². The van der Waals surface area contributed by atoms with Crippen LogP contribution in [0, 0.1) is 0 Å². The molecule has 24 heavy (non-hydrogen) atoms. The lowest BCUT2D eigenvalue weighted by Gasteiger charge is -2.14. The first-order valence-electron chi connectivity index (χ1n) is 7.71. The van der Waals surface area contributed by atoms with Gasteiger partial charge in [0.2, 0.25) is 6.79 Å². The normalized spacial score (nSPS) is 13.5. The zero-order valence-corrected chi connectivity index (χ0v) is 13.6. The zero-order valence-electron chi connectivity index (χ0n) is 13.6. The van der Waals surface area contributed by atoms with Crippen LogP contribution >= 0.6 is 0 Å². The van der Waals surface area contributed by atoms with Crippen molar-refractivity contribution in [1.29, 1.82) is 0 Å². The van der Waals surface area contributed by atoms with Crippen LogP contribution in [0.4, 0.5) is 0 Å². The molecule has 2 aromatic rings. The van der Waals surface area contributed by atoms with Crippen molar-refractivity contribution in [2.24, 2.45) is 10.9 Å². The number of fused-ring (bicyclic) bond motifs is 1. The van der Waals surface area contributed by atoms with E-state index in [2.05, 4.69) is 5.10 Å². The Kier molecular flexibility index (Phi) is 4.20. The molecule has 6 nitrogen and oxygen atoms in total. The Bertz CT molecular complexity index is 800. The minimum absolute atomic E-state index is 0.0538. The van der Waals surface area contributed by atoms with Crippen molar-refractivity contribution in [3.63, 3.8) is 0 Å². The van der Waals surface area contributed by atoms with E-state index in [-0.39, 0.29) is 24.2 Å². The average molecular weight is 328 g/mol. The van der Waals surface area contributed by atoms with Crippen molar-refractivity contribution < 1.29 is 19.7 Å². The number of rotatable bonds is 4. The molecule has 0 bridgehead atoms. The first-order chi connectivity index (χ1) is 11.5. The van der Waals surface area contributed by atoms with Crippen LogP contribution in [-0.4, -0.2) is 22.7 Å². The van der Waals surface area contributed by atoms with Gasteiger partial charge >= 0.3 is 0 Å². The molecule has 0 amide bonds. The molecule has 0 saturated carbocycles. The van der Waals surface area contributed by atoms with Crippen molar-refractivity contribution in [3.05, 3.63) is 47.0 Å². The van der Waals surface area contributed by atoms with Crippen molar-refractivity contribution >= 4 is 5.71 Å². The Balaban J connectivity index is 1.94. The number of phenols is 2. The van der Waals surface area contributed by atoms with Gasteiger partial charge in [-0.05, 0) is 35.2 Å². The number of ether oxygens (including phenoxy) is 2. The number of aromatic hydroxyl groups is 2. The standard InChI is InChI=1S/C18H20N2O4/c1-10(2)12-7-13(16(22)8-15(12)21)14(20-19)5-11-3-4-17-18(6-11)24-9-23-17/h3-4,6-8,10,21-22H,5,9,19H2,1-2H3/b20-14-. The van der Waals surface area contributed by atoms with Crippen LogP contribution in [0.2, 0.25) is 0 Å². The van der Waals surface area contributed by atoms with E-state index in [1.165, 1.54) is 6.07 Å². The maximum absolute atomic E-state index is 10.2. The van der Waals surface area contributed by atoms with Gasteiger partial charge in [-0.2, -0.15) is 5.10 Å². The molecular formula is C18H20N2O4. The largest absolute Gasteiger partial charge is 0.508 e. The molecule has 6 heteroatoms. The molecule has 3 rings (SSSR count). The second-order valence-electron chi connectivity index (χ2n) is 6.02. The molecule has 1 heterocycles. The summed E-state index contributed by atoms with van der Waals surface area (Å²) in [5, 5.41) is 24.0. The highest BCUT2D eigenvalue weighted by atomic mass is 16.7. The van der Waals surface area contributed by atoms with Gasteiger partial charge in [-0.25, -0.2) is 0 Å². The SMILES string of the molecule is CC(C)c1cc(/C(Cc2ccc3c(c2)OCO3)=N\N)c(O)cc1O. The van der Waals surface area contributed by atoms with Gasteiger partial charge in [0.1, 0.15) is 11.5 Å². The van der Waals surface area contributed by atoms with Crippen LogP contribution < -0.4 is 15.3 Å². The van der Waals surface area contributed by atoms with Crippen LogP contribution in [0.25, 0.3) is 0 Å². The van der Waals surface area contributed by atoms with Crippen molar-refractivity contribution in [2.75, 3.05) is 6.79 Å². The van der Waals surface area contributed by atoms with Gasteiger partial charge in [0.25, 0.3) is 0 Å². The van der Waals surface area contributed by atoms with Gasteiger partial charge in [-0.15, -0.1) is 0 Å². The van der Waals surface area contributed by atoms with Crippen LogP contribution in [0.3, 0.4) is 0 Å². The summed E-state index contributed by atoms with van der Waals surface area (Å²) < 4.78 is 10.7. The summed E-state index contributed by atoms with van der Waals surface area (Å²) in [7, 11) is 0. The molecule has 1 aliphatic heterocycles. The number of hydrogen-bond acceptors (Lipinski definition) is 6. The summed E-state index contributed by atoms with van der Waals surface area (Å²) in [5.74, 6) is 7.06. The van der Waals surface area contributed by atoms with E-state index in [1.54, 1.807) is 6.07 Å². The summed E-state index contributed by atoms with van der Waals surface area (Å²) >= 11 is 0. The van der Waals surface area contributed by atoms with E-state index in [4.69, 9.17) is 15.3 Å². The van der Waals surface area contributed by atoms with E-state index in [9.17, 15) is 10.2 Å². The molecular weight excluding hydrogens is 308 g/mol. The molecule has 0 spiro atoms. The lowest BCUT2D eigenvalue weighted by molar-refractivity contribution is 0.174. The van der Waals surface area contributed by atoms with E-state index in [0.29, 0.717) is 29.2 Å². The highest BCUT2D eigenvalue weighted by molar-refractivity contribution is 6.04. The van der Waals surface area contributed by atoms with Crippen LogP contribution in [0.15, 0.2) is 35.4 Å². The lowest BCUT2D eigenvalue weighted by Crippen LogP contribution is -2.09. The third kappa shape index (κ3) is 2.95. The third-order valence-electron chi connectivity index (χ3n) is 4.04. The highest BCUT2D eigenvalue weighted by Gasteiger charge is 2.18. The lowest BCUT2D eigenvalue weighted by atomic mass is 9.94. The summed E-state index contributed by atoms with van der Waals surface area (Å²) in [5.41, 5.74) is 2.70. The monoisotopic (exact) mass is 328 g/mol. The Hall–Kier alpha value is -2.89. The van der Waals surface area contributed by atoms with Gasteiger partial charge < -0.3 is 25.5 Å². The fourth-order valence-corrected chi connectivity index (χ4v) is 2.74. The van der Waals surface area contributed by atoms with E-state index < -0.39 is 0 Å². The molecule has 0 aromatic heterocycles. The Labute approximate surface area is 140 Å². The molecule has 0 atom stereocenters. The summed E-state index contributed by atoms with van der Waals surface area (Å²) in [6, 6.07) is 8.67. The van der Waals surface area contributed by atoms with Gasteiger partial charge in [0.05, 0.1) is 5.71 Å². The fourth-order valence-electron chi connectivity index (χ4n) is 2.74. The van der Waals surface area contributed by atoms with Crippen LogP contribution in [0.1, 0.15) is 36.5 Å². The number of nitrogens with zero attached hydrogens (tertiary/aromatic N) is 1. The molecule has 1 aliphatic rings. The molecule has 0 saturated heterocycles. The van der Waals surface area contributed by atoms with E-state index in [1.807, 2.05) is 32.0 Å². The number of nitrogens with two attached hydrogens (primary N) is 1. The van der Waals surface area contributed by atoms with E-state index >= 15 is 0 Å². The van der Waals surface area contributed by atoms with E-state index in [0.717, 1.165) is 11.1 Å². The van der Waals surface area contributed by atoms with Crippen molar-refractivity contribution in [2.45, 2.75) is 26.2 Å². The van der Waals surface area contributed by atoms with Gasteiger partial charge in [-0.1, -0.05) is 19.9 Å². The predicted octanol–water partition coefficient (Wildman–Crippen LogP) is 2.86. The first kappa shape index (κ1) is 16.0. The maximum Gasteiger partial charge on any atom is 0.231 e. The molecule has 0 radical (unpaired) electrons. The van der Waals surface area contributed by atoms with Gasteiger partial charge in [-0.3, -0.25) is 0 Å². The maximum atomic E-state index is 10.2. The third-order valence-corrected chi connectivity index (χ3v) is 4.04. The molecule has 0 fully saturated rings. The Morgan fingerprint density at radius 3 is 2.58 bits per heavy atom. The van der Waals surface area contributed by atoms with Crippen LogP contribution in [-0.2, 0) is 6.42 Å². The number of hydrazone groups is 1. The number of phenolic OH excluding ortho intramolecular Hbond substituents is 2. The van der Waals surface area contributed by atoms with Crippen molar-refractivity contribution in [1.82, 2.24) is 0 Å². The Morgan fingerprint density at radius 1 is 1.12 bits per heavy atom. The topological polar surface area (TPSA) is 97.3 Å². The van der Waals surface area contributed by atoms with Crippen molar-refractivity contribution in [3.8, 4) is 23.0 Å². The quantitative estimate of drug-likeness (QED) is 0.455. The predicted molar refractivity (Wildman–Crippen MR) is 90.9 cm³/mol. The number of benzene rings is 2. The molecule has 4 N–H and O–H groups in total. The average Bonchev–Trinajstić information content (AvgIpc) is 3.00. The highest BCUT2D eigenvalue weighted by Crippen LogP contribution is 2.35. The minimum Gasteiger partial charge on any atom is -0.508 e. The first-order valence-corrected chi connectivity index (χ1v) is 7.71. The Morgan fingerprint density at radius 2 is 1.88 bits per heavy atom. The summed E-state index contributed by atoms with van der Waals surface area (Å²) in [6.45, 7) is 4.15. The smallest absolute Gasteiger partial charge is 0.231 e. The molecule has 0 aliphatic carbocycles. The second-order valence-corrected chi connectivity index (χ2v) is 6.02. The summed E-state index contributed by atoms with van der Waals surface area (Å²) in [4.78, 5) is 0. The fraction of sp³-hybridized carbons (Fsp3) is 0.278. The molecule has 2 aromatic carbocycles. The molecule has 0 unspecified atom stereocenters.